The van der Waals surface area contributed by atoms with E-state index in [0.717, 1.165) is 5.56 Å². The number of hydrogen-bond donors (Lipinski definition) is 7. The molecule has 0 radical (unpaired) electrons. The summed E-state index contributed by atoms with van der Waals surface area (Å²) >= 11 is 0. The van der Waals surface area contributed by atoms with Crippen LogP contribution in [-0.4, -0.2) is 79.3 Å². The standard InChI is InChI=1S/C28H39N5O8S/c1-18(2)14-24(28(38)39)32-27(37)23(16-19-6-4-3-5-7-19)33-42(40,41)13-12-30-25(35)17-31-26(36)22(29)15-20-8-10-21(34)11-9-20/h3-11,18,22-24,33-34H,12-17,29H2,1-2H3,(H,30,35)(H,31,36)(H,32,37)(H,38,39)/t22-,23-,24-/m0/s1. The molecule has 13 nitrogen and oxygen atoms in total. The van der Waals surface area contributed by atoms with E-state index in [1.54, 1.807) is 56.3 Å². The Morgan fingerprint density at radius 3 is 2.07 bits per heavy atom. The highest BCUT2D eigenvalue weighted by Gasteiger charge is 2.29. The van der Waals surface area contributed by atoms with Crippen LogP contribution >= 0.6 is 0 Å². The fraction of sp³-hybridized carbons (Fsp3) is 0.429. The number of carbonyl (C=O) groups excluding carboxylic acids is 3. The summed E-state index contributed by atoms with van der Waals surface area (Å²) in [7, 11) is -4.10. The molecular weight excluding hydrogens is 566 g/mol. The van der Waals surface area contributed by atoms with Gasteiger partial charge in [-0.1, -0.05) is 56.3 Å². The third kappa shape index (κ3) is 12.7. The Balaban J connectivity index is 1.90. The number of nitrogens with two attached hydrogens (primary N) is 1. The Bertz CT molecular complexity index is 1300. The van der Waals surface area contributed by atoms with E-state index >= 15 is 0 Å². The quantitative estimate of drug-likeness (QED) is 0.125. The van der Waals surface area contributed by atoms with E-state index < -0.39 is 64.1 Å². The first-order valence-electron chi connectivity index (χ1n) is 13.4. The molecule has 230 valence electrons. The minimum atomic E-state index is -4.10. The second-order valence-corrected chi connectivity index (χ2v) is 12.1. The van der Waals surface area contributed by atoms with Gasteiger partial charge in [0.25, 0.3) is 0 Å². The van der Waals surface area contributed by atoms with Crippen LogP contribution in [0.25, 0.3) is 0 Å². The summed E-state index contributed by atoms with van der Waals surface area (Å²) in [6, 6.07) is 11.4. The van der Waals surface area contributed by atoms with Gasteiger partial charge >= 0.3 is 5.97 Å². The van der Waals surface area contributed by atoms with E-state index in [2.05, 4.69) is 20.7 Å². The van der Waals surface area contributed by atoms with Crippen LogP contribution in [0.3, 0.4) is 0 Å². The SMILES string of the molecule is CC(C)C[C@H](NC(=O)[C@H](Cc1ccccc1)NS(=O)(=O)CCNC(=O)CNC(=O)[C@@H](N)Cc1ccc(O)cc1)C(=O)O. The van der Waals surface area contributed by atoms with Crippen molar-refractivity contribution in [3.05, 3.63) is 65.7 Å². The molecule has 0 spiro atoms. The zero-order valence-corrected chi connectivity index (χ0v) is 24.4. The maximum atomic E-state index is 13.0. The van der Waals surface area contributed by atoms with Crippen molar-refractivity contribution in [3.8, 4) is 5.75 Å². The molecule has 2 aromatic rings. The van der Waals surface area contributed by atoms with Gasteiger partial charge in [-0.05, 0) is 48.4 Å². The first kappa shape index (κ1) is 34.2. The van der Waals surface area contributed by atoms with Gasteiger partial charge in [0, 0.05) is 6.54 Å². The fourth-order valence-corrected chi connectivity index (χ4v) is 5.06. The predicted molar refractivity (Wildman–Crippen MR) is 156 cm³/mol. The third-order valence-corrected chi connectivity index (χ3v) is 7.47. The van der Waals surface area contributed by atoms with Crippen molar-refractivity contribution < 1.29 is 37.8 Å². The van der Waals surface area contributed by atoms with Crippen LogP contribution in [0, 0.1) is 5.92 Å². The maximum Gasteiger partial charge on any atom is 0.326 e. The normalized spacial score (nSPS) is 13.5. The number of sulfonamides is 1. The lowest BCUT2D eigenvalue weighted by Gasteiger charge is -2.22. The van der Waals surface area contributed by atoms with E-state index in [1.165, 1.54) is 12.1 Å². The highest BCUT2D eigenvalue weighted by molar-refractivity contribution is 7.89. The van der Waals surface area contributed by atoms with Crippen molar-refractivity contribution in [1.29, 1.82) is 0 Å². The van der Waals surface area contributed by atoms with Crippen molar-refractivity contribution in [3.63, 3.8) is 0 Å². The molecule has 0 aliphatic carbocycles. The molecular formula is C28H39N5O8S. The summed E-state index contributed by atoms with van der Waals surface area (Å²) < 4.78 is 27.9. The molecule has 0 bridgehead atoms. The van der Waals surface area contributed by atoms with Gasteiger partial charge < -0.3 is 31.9 Å². The molecule has 14 heteroatoms. The molecule has 0 heterocycles. The van der Waals surface area contributed by atoms with Crippen LogP contribution in [0.2, 0.25) is 0 Å². The predicted octanol–water partition coefficient (Wildman–Crippen LogP) is -0.359. The van der Waals surface area contributed by atoms with Crippen molar-refractivity contribution in [2.45, 2.75) is 51.2 Å². The van der Waals surface area contributed by atoms with Gasteiger partial charge in [-0.2, -0.15) is 0 Å². The summed E-state index contributed by atoms with van der Waals surface area (Å²) in [5.41, 5.74) is 7.24. The Labute approximate surface area is 245 Å². The van der Waals surface area contributed by atoms with Crippen molar-refractivity contribution in [2.24, 2.45) is 11.7 Å². The number of benzene rings is 2. The zero-order valence-electron chi connectivity index (χ0n) is 23.6. The van der Waals surface area contributed by atoms with Gasteiger partial charge in [0.15, 0.2) is 0 Å². The smallest absolute Gasteiger partial charge is 0.326 e. The van der Waals surface area contributed by atoms with Crippen LogP contribution in [0.1, 0.15) is 31.4 Å². The molecule has 0 fully saturated rings. The van der Waals surface area contributed by atoms with Gasteiger partial charge in [0.1, 0.15) is 17.8 Å². The maximum absolute atomic E-state index is 13.0. The second-order valence-electron chi connectivity index (χ2n) is 10.3. The monoisotopic (exact) mass is 605 g/mol. The van der Waals surface area contributed by atoms with E-state index in [1.807, 2.05) is 0 Å². The van der Waals surface area contributed by atoms with Crippen LogP contribution in [0.4, 0.5) is 0 Å². The molecule has 0 saturated heterocycles. The lowest BCUT2D eigenvalue weighted by Crippen LogP contribution is -2.53. The van der Waals surface area contributed by atoms with Crippen LogP contribution in [0.15, 0.2) is 54.6 Å². The number of aliphatic carboxylic acids is 1. The molecule has 42 heavy (non-hydrogen) atoms. The first-order valence-corrected chi connectivity index (χ1v) is 15.1. The van der Waals surface area contributed by atoms with E-state index in [0.29, 0.717) is 5.56 Å². The van der Waals surface area contributed by atoms with E-state index in [-0.39, 0.29) is 37.5 Å². The van der Waals surface area contributed by atoms with Gasteiger partial charge in [-0.3, -0.25) is 14.4 Å². The Kier molecular flexibility index (Phi) is 13.4. The lowest BCUT2D eigenvalue weighted by molar-refractivity contribution is -0.142. The van der Waals surface area contributed by atoms with Gasteiger partial charge in [0.05, 0.1) is 18.3 Å². The number of rotatable bonds is 17. The number of nitrogens with one attached hydrogen (secondary N) is 4. The summed E-state index contributed by atoms with van der Waals surface area (Å²) in [5, 5.41) is 26.0. The molecule has 0 aliphatic heterocycles. The van der Waals surface area contributed by atoms with Gasteiger partial charge in [0.2, 0.25) is 27.7 Å². The van der Waals surface area contributed by atoms with Crippen molar-refractivity contribution in [1.82, 2.24) is 20.7 Å². The van der Waals surface area contributed by atoms with Crippen LogP contribution in [0.5, 0.6) is 5.75 Å². The largest absolute Gasteiger partial charge is 0.508 e. The molecule has 0 saturated carbocycles. The Hall–Kier alpha value is -4.01. The summed E-state index contributed by atoms with van der Waals surface area (Å²) in [4.78, 5) is 49.0. The zero-order chi connectivity index (χ0) is 31.3. The van der Waals surface area contributed by atoms with Crippen LogP contribution < -0.4 is 26.4 Å². The van der Waals surface area contributed by atoms with Gasteiger partial charge in [-0.15, -0.1) is 0 Å². The molecule has 2 rings (SSSR count). The van der Waals surface area contributed by atoms with Crippen molar-refractivity contribution >= 4 is 33.7 Å². The summed E-state index contributed by atoms with van der Waals surface area (Å²) in [6.45, 7) is 2.87. The van der Waals surface area contributed by atoms with Crippen LogP contribution in [-0.2, 0) is 42.0 Å². The average Bonchev–Trinajstić information content (AvgIpc) is 2.92. The number of carbonyl (C=O) groups is 4. The molecule has 0 aromatic heterocycles. The van der Waals surface area contributed by atoms with E-state index in [9.17, 15) is 37.8 Å². The first-order chi connectivity index (χ1) is 19.8. The van der Waals surface area contributed by atoms with E-state index in [4.69, 9.17) is 5.73 Å². The number of aromatic hydroxyl groups is 1. The van der Waals surface area contributed by atoms with Crippen molar-refractivity contribution in [2.75, 3.05) is 18.8 Å². The molecule has 0 unspecified atom stereocenters. The highest BCUT2D eigenvalue weighted by atomic mass is 32.2. The molecule has 8 N–H and O–H groups in total. The number of phenolic OH excluding ortho intramolecular Hbond substituents is 1. The topological polar surface area (TPSA) is 217 Å². The highest BCUT2D eigenvalue weighted by Crippen LogP contribution is 2.11. The molecule has 3 amide bonds. The molecule has 2 aromatic carbocycles. The fourth-order valence-electron chi connectivity index (χ4n) is 3.94. The third-order valence-electron chi connectivity index (χ3n) is 6.09. The average molecular weight is 606 g/mol. The number of carboxylic acid groups (broad SMARTS) is 1. The minimum Gasteiger partial charge on any atom is -0.508 e. The summed E-state index contributed by atoms with van der Waals surface area (Å²) in [6.07, 6.45) is 0.318. The Morgan fingerprint density at radius 1 is 0.857 bits per heavy atom. The molecule has 3 atom stereocenters. The number of hydrogen-bond acceptors (Lipinski definition) is 8. The Morgan fingerprint density at radius 2 is 1.48 bits per heavy atom. The second kappa shape index (κ2) is 16.4. The number of amides is 3. The number of carboxylic acids is 1. The minimum absolute atomic E-state index is 0.0251. The van der Waals surface area contributed by atoms with Gasteiger partial charge in [-0.25, -0.2) is 17.9 Å². The number of phenols is 1. The molecule has 0 aliphatic rings. The lowest BCUT2D eigenvalue weighted by atomic mass is 10.0. The summed E-state index contributed by atoms with van der Waals surface area (Å²) in [5.74, 6) is -3.76.